The van der Waals surface area contributed by atoms with Crippen molar-refractivity contribution in [2.24, 2.45) is 5.73 Å². The predicted octanol–water partition coefficient (Wildman–Crippen LogP) is 2.64. The first-order chi connectivity index (χ1) is 5.52. The standard InChI is InChI=1S/C8H8ClF2N/c1-4(12)8-6(10)2-5(9)3-7(8)11/h2-4H,12H2,1H3/t4-/m0/s1. The molecule has 0 saturated heterocycles. The highest BCUT2D eigenvalue weighted by molar-refractivity contribution is 6.30. The third-order valence-corrected chi connectivity index (χ3v) is 1.72. The first kappa shape index (κ1) is 9.42. The van der Waals surface area contributed by atoms with Crippen molar-refractivity contribution in [3.8, 4) is 0 Å². The van der Waals surface area contributed by atoms with Crippen molar-refractivity contribution in [3.63, 3.8) is 0 Å². The van der Waals surface area contributed by atoms with Gasteiger partial charge in [-0.05, 0) is 19.1 Å². The molecule has 0 heterocycles. The molecule has 0 bridgehead atoms. The first-order valence-electron chi connectivity index (χ1n) is 3.42. The molecule has 0 spiro atoms. The van der Waals surface area contributed by atoms with Crippen molar-refractivity contribution in [2.45, 2.75) is 13.0 Å². The minimum atomic E-state index is -0.699. The Bertz CT molecular complexity index is 276. The Morgan fingerprint density at radius 2 is 1.75 bits per heavy atom. The Hall–Kier alpha value is -0.670. The SMILES string of the molecule is C[C@H](N)c1c(F)cc(Cl)cc1F. The van der Waals surface area contributed by atoms with Crippen molar-refractivity contribution >= 4 is 11.6 Å². The van der Waals surface area contributed by atoms with Crippen LogP contribution in [-0.4, -0.2) is 0 Å². The molecule has 1 atom stereocenters. The van der Waals surface area contributed by atoms with Gasteiger partial charge in [-0.2, -0.15) is 0 Å². The van der Waals surface area contributed by atoms with Gasteiger partial charge in [0.2, 0.25) is 0 Å². The van der Waals surface area contributed by atoms with Crippen molar-refractivity contribution in [1.29, 1.82) is 0 Å². The van der Waals surface area contributed by atoms with Crippen molar-refractivity contribution in [3.05, 3.63) is 34.4 Å². The molecule has 1 aromatic rings. The second kappa shape index (κ2) is 3.37. The Morgan fingerprint density at radius 1 is 1.33 bits per heavy atom. The molecule has 1 rings (SSSR count). The van der Waals surface area contributed by atoms with Gasteiger partial charge in [-0.1, -0.05) is 11.6 Å². The fraction of sp³-hybridized carbons (Fsp3) is 0.250. The first-order valence-corrected chi connectivity index (χ1v) is 3.80. The van der Waals surface area contributed by atoms with Gasteiger partial charge in [0.1, 0.15) is 11.6 Å². The Kier molecular flexibility index (Phi) is 2.65. The Balaban J connectivity index is 3.28. The summed E-state index contributed by atoms with van der Waals surface area (Å²) in [5.74, 6) is -1.40. The predicted molar refractivity (Wildman–Crippen MR) is 44.0 cm³/mol. The van der Waals surface area contributed by atoms with Crippen molar-refractivity contribution < 1.29 is 8.78 Å². The van der Waals surface area contributed by atoms with Gasteiger partial charge < -0.3 is 5.73 Å². The minimum absolute atomic E-state index is 0.0365. The highest BCUT2D eigenvalue weighted by Gasteiger charge is 2.13. The number of halogens is 3. The molecule has 1 aromatic carbocycles. The number of nitrogens with two attached hydrogens (primary N) is 1. The summed E-state index contributed by atoms with van der Waals surface area (Å²) in [5, 5.41) is 0.0365. The molecule has 0 unspecified atom stereocenters. The number of hydrogen-bond acceptors (Lipinski definition) is 1. The summed E-state index contributed by atoms with van der Waals surface area (Å²) in [4.78, 5) is 0. The number of benzene rings is 1. The highest BCUT2D eigenvalue weighted by Crippen LogP contribution is 2.22. The van der Waals surface area contributed by atoms with Crippen LogP contribution in [0.2, 0.25) is 5.02 Å². The van der Waals surface area contributed by atoms with E-state index < -0.39 is 17.7 Å². The maximum Gasteiger partial charge on any atom is 0.132 e. The lowest BCUT2D eigenvalue weighted by Gasteiger charge is -2.08. The topological polar surface area (TPSA) is 26.0 Å². The van der Waals surface area contributed by atoms with E-state index in [-0.39, 0.29) is 10.6 Å². The summed E-state index contributed by atoms with van der Waals surface area (Å²) in [7, 11) is 0. The Morgan fingerprint density at radius 3 is 2.08 bits per heavy atom. The molecule has 0 saturated carbocycles. The molecule has 0 aliphatic heterocycles. The molecule has 0 aliphatic rings. The van der Waals surface area contributed by atoms with Gasteiger partial charge in [0, 0.05) is 16.6 Å². The van der Waals surface area contributed by atoms with Crippen LogP contribution >= 0.6 is 11.6 Å². The maximum atomic E-state index is 13.0. The van der Waals surface area contributed by atoms with Crippen molar-refractivity contribution in [2.75, 3.05) is 0 Å². The largest absolute Gasteiger partial charge is 0.324 e. The van der Waals surface area contributed by atoms with E-state index in [9.17, 15) is 8.78 Å². The average Bonchev–Trinajstić information content (AvgIpc) is 1.82. The van der Waals surface area contributed by atoms with Crippen LogP contribution in [0.25, 0.3) is 0 Å². The number of rotatable bonds is 1. The quantitative estimate of drug-likeness (QED) is 0.726. The molecule has 0 aliphatic carbocycles. The van der Waals surface area contributed by atoms with Gasteiger partial charge in [-0.15, -0.1) is 0 Å². The summed E-state index contributed by atoms with van der Waals surface area (Å²) < 4.78 is 25.9. The van der Waals surface area contributed by atoms with E-state index in [2.05, 4.69) is 0 Å². The third kappa shape index (κ3) is 1.73. The summed E-state index contributed by atoms with van der Waals surface area (Å²) >= 11 is 5.41. The fourth-order valence-corrected chi connectivity index (χ4v) is 1.18. The summed E-state index contributed by atoms with van der Waals surface area (Å²) in [6.07, 6.45) is 0. The zero-order valence-corrected chi connectivity index (χ0v) is 7.20. The van der Waals surface area contributed by atoms with E-state index in [1.54, 1.807) is 0 Å². The fourth-order valence-electron chi connectivity index (χ4n) is 0.988. The average molecular weight is 192 g/mol. The van der Waals surface area contributed by atoms with Crippen LogP contribution in [0.1, 0.15) is 18.5 Å². The third-order valence-electron chi connectivity index (χ3n) is 1.50. The zero-order chi connectivity index (χ0) is 9.30. The van der Waals surface area contributed by atoms with Crippen LogP contribution in [0.4, 0.5) is 8.78 Å². The van der Waals surface area contributed by atoms with E-state index >= 15 is 0 Å². The summed E-state index contributed by atoms with van der Waals surface area (Å²) in [6, 6.07) is 1.43. The smallest absolute Gasteiger partial charge is 0.132 e. The molecule has 0 amide bonds. The molecule has 0 aromatic heterocycles. The van der Waals surface area contributed by atoms with E-state index in [4.69, 9.17) is 17.3 Å². The Labute approximate surface area is 74.1 Å². The van der Waals surface area contributed by atoms with Crippen molar-refractivity contribution in [1.82, 2.24) is 0 Å². The van der Waals surface area contributed by atoms with Crippen LogP contribution in [0.3, 0.4) is 0 Å². The molecule has 12 heavy (non-hydrogen) atoms. The van der Waals surface area contributed by atoms with E-state index in [0.29, 0.717) is 0 Å². The summed E-state index contributed by atoms with van der Waals surface area (Å²) in [5.41, 5.74) is 5.22. The van der Waals surface area contributed by atoms with E-state index in [0.717, 1.165) is 12.1 Å². The van der Waals surface area contributed by atoms with Crippen LogP contribution < -0.4 is 5.73 Å². The summed E-state index contributed by atoms with van der Waals surface area (Å²) in [6.45, 7) is 1.51. The van der Waals surface area contributed by atoms with Crippen LogP contribution in [0.5, 0.6) is 0 Å². The van der Waals surface area contributed by atoms with E-state index in [1.807, 2.05) is 0 Å². The number of hydrogen-bond donors (Lipinski definition) is 1. The highest BCUT2D eigenvalue weighted by atomic mass is 35.5. The zero-order valence-electron chi connectivity index (χ0n) is 6.44. The molecule has 2 N–H and O–H groups in total. The van der Waals surface area contributed by atoms with Crippen LogP contribution in [0.15, 0.2) is 12.1 Å². The minimum Gasteiger partial charge on any atom is -0.324 e. The normalized spacial score (nSPS) is 13.1. The van der Waals surface area contributed by atoms with Gasteiger partial charge in [0.05, 0.1) is 0 Å². The second-order valence-electron chi connectivity index (χ2n) is 2.57. The van der Waals surface area contributed by atoms with Gasteiger partial charge in [0.25, 0.3) is 0 Å². The lowest BCUT2D eigenvalue weighted by molar-refractivity contribution is 0.537. The molecular weight excluding hydrogens is 184 g/mol. The molecule has 0 radical (unpaired) electrons. The molecule has 66 valence electrons. The van der Waals surface area contributed by atoms with Gasteiger partial charge in [0.15, 0.2) is 0 Å². The van der Waals surface area contributed by atoms with Crippen LogP contribution in [0, 0.1) is 11.6 Å². The van der Waals surface area contributed by atoms with Gasteiger partial charge >= 0.3 is 0 Å². The molecular formula is C8H8ClF2N. The molecule has 4 heteroatoms. The lowest BCUT2D eigenvalue weighted by Crippen LogP contribution is -2.10. The maximum absolute atomic E-state index is 13.0. The molecule has 1 nitrogen and oxygen atoms in total. The second-order valence-corrected chi connectivity index (χ2v) is 3.01. The monoisotopic (exact) mass is 191 g/mol. The lowest BCUT2D eigenvalue weighted by atomic mass is 10.1. The van der Waals surface area contributed by atoms with Crippen LogP contribution in [-0.2, 0) is 0 Å². The van der Waals surface area contributed by atoms with Gasteiger partial charge in [-0.25, -0.2) is 8.78 Å². The van der Waals surface area contributed by atoms with Gasteiger partial charge in [-0.3, -0.25) is 0 Å². The molecule has 0 fully saturated rings. The van der Waals surface area contributed by atoms with E-state index in [1.165, 1.54) is 6.92 Å².